The molecule has 17 heteroatoms. The highest BCUT2D eigenvalue weighted by atomic mass is 79.9. The maximum Gasteiger partial charge on any atom is 0.165 e. The van der Waals surface area contributed by atoms with Crippen molar-refractivity contribution in [2.24, 2.45) is 0 Å². The molecule has 2 saturated heterocycles. The van der Waals surface area contributed by atoms with Crippen molar-refractivity contribution in [2.75, 3.05) is 37.9 Å². The molecular weight excluding hydrogens is 846 g/mol. The summed E-state index contributed by atoms with van der Waals surface area (Å²) in [5.74, 6) is 0.403. The second-order valence-corrected chi connectivity index (χ2v) is 16.4. The normalized spacial score (nSPS) is 16.3. The van der Waals surface area contributed by atoms with Crippen LogP contribution in [0.5, 0.6) is 0 Å². The van der Waals surface area contributed by atoms with Crippen molar-refractivity contribution in [2.45, 2.75) is 63.7 Å². The quantitative estimate of drug-likeness (QED) is 0.117. The van der Waals surface area contributed by atoms with Crippen LogP contribution in [-0.4, -0.2) is 77.7 Å². The second kappa shape index (κ2) is 17.3. The molecule has 0 aliphatic carbocycles. The summed E-state index contributed by atoms with van der Waals surface area (Å²) in [6, 6.07) is 15.5. The molecule has 6 aromatic heterocycles. The van der Waals surface area contributed by atoms with E-state index in [9.17, 15) is 8.78 Å². The predicted molar refractivity (Wildman–Crippen MR) is 235 cm³/mol. The molecule has 6 N–H and O–H groups in total. The van der Waals surface area contributed by atoms with Crippen molar-refractivity contribution < 1.29 is 18.3 Å². The number of nitrogens with two attached hydrogens (primary N) is 2. The average molecular weight is 892 g/mol. The standard InChI is InChI=1S/C22H22BrFN6O.C22H23FN6O/c1-12(28-16-4-6-31-7-5-16)20-19(23)21(25)30-22(29-20)17(11-27-30)14-8-13-9-15(24)2-3-18(13)26-10-14;1-13(27-17-4-6-30-7-5-17)20-10-21(24)29-22(28-20)18(12-26-29)15-8-14-9-16(23)2-3-19(14)25-11-15/h2-3,8-12,16,28H,4-7,25H2,1H3;2-3,8-13,17,27H,4-7,24H2,1H3. The molecule has 0 amide bonds. The number of pyridine rings is 2. The zero-order valence-corrected chi connectivity index (χ0v) is 35.2. The summed E-state index contributed by atoms with van der Waals surface area (Å²) in [6.07, 6.45) is 10.9. The van der Waals surface area contributed by atoms with Crippen molar-refractivity contribution >= 4 is 60.7 Å². The van der Waals surface area contributed by atoms with Crippen molar-refractivity contribution in [3.05, 3.63) is 107 Å². The first kappa shape index (κ1) is 40.7. The largest absolute Gasteiger partial charge is 0.384 e. The first-order valence-electron chi connectivity index (χ1n) is 20.4. The van der Waals surface area contributed by atoms with Gasteiger partial charge in [-0.25, -0.2) is 18.7 Å². The number of halogens is 3. The van der Waals surface area contributed by atoms with Crippen molar-refractivity contribution in [3.8, 4) is 22.3 Å². The number of hydrogen-bond donors (Lipinski definition) is 4. The summed E-state index contributed by atoms with van der Waals surface area (Å²) >= 11 is 3.61. The van der Waals surface area contributed by atoms with Crippen LogP contribution in [0.3, 0.4) is 0 Å². The second-order valence-electron chi connectivity index (χ2n) is 15.6. The lowest BCUT2D eigenvalue weighted by Crippen LogP contribution is -2.37. The monoisotopic (exact) mass is 890 g/mol. The number of hydrogen-bond acceptors (Lipinski definition) is 12. The number of nitrogens with one attached hydrogen (secondary N) is 2. The van der Waals surface area contributed by atoms with Crippen molar-refractivity contribution in [1.82, 2.24) is 49.8 Å². The molecule has 61 heavy (non-hydrogen) atoms. The average Bonchev–Trinajstić information content (AvgIpc) is 3.91. The third-order valence-corrected chi connectivity index (χ3v) is 12.2. The lowest BCUT2D eigenvalue weighted by molar-refractivity contribution is 0.0752. The van der Waals surface area contributed by atoms with E-state index in [1.54, 1.807) is 46.0 Å². The van der Waals surface area contributed by atoms with Gasteiger partial charge in [0.2, 0.25) is 0 Å². The van der Waals surface area contributed by atoms with E-state index >= 15 is 0 Å². The zero-order valence-electron chi connectivity index (χ0n) is 33.7. The van der Waals surface area contributed by atoms with Crippen LogP contribution in [0.1, 0.15) is 63.0 Å². The number of ether oxygens (including phenoxy) is 2. The number of anilines is 2. The Kier molecular flexibility index (Phi) is 11.6. The molecule has 0 bridgehead atoms. The number of nitrogens with zero attached hydrogens (tertiary/aromatic N) is 8. The van der Waals surface area contributed by atoms with Gasteiger partial charge in [-0.3, -0.25) is 9.97 Å². The molecule has 314 valence electrons. The molecule has 0 radical (unpaired) electrons. The summed E-state index contributed by atoms with van der Waals surface area (Å²) in [6.45, 7) is 7.26. The molecule has 8 heterocycles. The van der Waals surface area contributed by atoms with Crippen LogP contribution >= 0.6 is 15.9 Å². The summed E-state index contributed by atoms with van der Waals surface area (Å²) in [4.78, 5) is 18.7. The van der Waals surface area contributed by atoms with E-state index in [0.717, 1.165) is 112 Å². The predicted octanol–water partition coefficient (Wildman–Crippen LogP) is 7.75. The molecular formula is C44H45BrF2N12O2. The molecule has 2 aliphatic rings. The molecule has 2 aromatic carbocycles. The smallest absolute Gasteiger partial charge is 0.165 e. The van der Waals surface area contributed by atoms with E-state index in [2.05, 4.69) is 60.6 Å². The van der Waals surface area contributed by atoms with E-state index in [4.69, 9.17) is 30.9 Å². The molecule has 14 nitrogen and oxygen atoms in total. The van der Waals surface area contributed by atoms with Crippen LogP contribution in [-0.2, 0) is 9.47 Å². The Balaban J connectivity index is 0.000000156. The Morgan fingerprint density at radius 1 is 0.672 bits per heavy atom. The highest BCUT2D eigenvalue weighted by Crippen LogP contribution is 2.34. The van der Waals surface area contributed by atoms with Gasteiger partial charge in [0.05, 0.1) is 39.3 Å². The van der Waals surface area contributed by atoms with Crippen LogP contribution in [0.15, 0.2) is 83.9 Å². The van der Waals surface area contributed by atoms with Gasteiger partial charge in [0.1, 0.15) is 23.3 Å². The van der Waals surface area contributed by atoms with Gasteiger partial charge >= 0.3 is 0 Å². The third-order valence-electron chi connectivity index (χ3n) is 11.3. The number of rotatable bonds is 8. The fourth-order valence-electron chi connectivity index (χ4n) is 8.03. The molecule has 2 aliphatic heterocycles. The minimum atomic E-state index is -0.298. The first-order chi connectivity index (χ1) is 29.6. The lowest BCUT2D eigenvalue weighted by atomic mass is 10.1. The van der Waals surface area contributed by atoms with Gasteiger partial charge in [-0.1, -0.05) is 0 Å². The Hall–Kier alpha value is -5.72. The van der Waals surface area contributed by atoms with E-state index < -0.39 is 0 Å². The Morgan fingerprint density at radius 3 is 1.74 bits per heavy atom. The van der Waals surface area contributed by atoms with Gasteiger partial charge in [-0.2, -0.15) is 19.2 Å². The van der Waals surface area contributed by atoms with Crippen LogP contribution in [0.2, 0.25) is 0 Å². The summed E-state index contributed by atoms with van der Waals surface area (Å²) in [5, 5.41) is 17.5. The van der Waals surface area contributed by atoms with E-state index in [1.165, 1.54) is 24.3 Å². The third kappa shape index (κ3) is 8.48. The summed E-state index contributed by atoms with van der Waals surface area (Å²) < 4.78 is 42.2. The Labute approximate surface area is 358 Å². The fourth-order valence-corrected chi connectivity index (χ4v) is 8.63. The van der Waals surface area contributed by atoms with Crippen molar-refractivity contribution in [3.63, 3.8) is 0 Å². The molecule has 2 fully saturated rings. The molecule has 0 saturated carbocycles. The minimum absolute atomic E-state index is 0.0173. The van der Waals surface area contributed by atoms with Crippen LogP contribution in [0.4, 0.5) is 20.4 Å². The minimum Gasteiger partial charge on any atom is -0.384 e. The summed E-state index contributed by atoms with van der Waals surface area (Å²) in [5.41, 5.74) is 20.3. The van der Waals surface area contributed by atoms with Gasteiger partial charge in [0.15, 0.2) is 11.3 Å². The SMILES string of the molecule is CC(NC1CCOCC1)c1cc(N)n2ncc(-c3cnc4ccc(F)cc4c3)c2n1.CC(NC1CCOCC1)c1nc2c(-c3cnc4ccc(F)cc4c3)cnn2c(N)c1Br. The van der Waals surface area contributed by atoms with Gasteiger partial charge in [-0.15, -0.1) is 0 Å². The maximum absolute atomic E-state index is 13.7. The number of benzene rings is 2. The van der Waals surface area contributed by atoms with Gasteiger partial charge in [-0.05, 0) is 104 Å². The van der Waals surface area contributed by atoms with Crippen LogP contribution < -0.4 is 22.1 Å². The topological polar surface area (TPSA) is 181 Å². The van der Waals surface area contributed by atoms with E-state index in [-0.39, 0.29) is 23.7 Å². The zero-order chi connectivity index (χ0) is 42.2. The highest BCUT2D eigenvalue weighted by molar-refractivity contribution is 9.10. The number of fused-ring (bicyclic) bond motifs is 4. The van der Waals surface area contributed by atoms with Crippen LogP contribution in [0.25, 0.3) is 55.4 Å². The van der Waals surface area contributed by atoms with Crippen LogP contribution in [0, 0.1) is 11.6 Å². The number of nitrogen functional groups attached to an aromatic ring is 2. The molecule has 0 spiro atoms. The Morgan fingerprint density at radius 2 is 1.18 bits per heavy atom. The molecule has 2 atom stereocenters. The first-order valence-corrected chi connectivity index (χ1v) is 21.1. The maximum atomic E-state index is 13.7. The van der Waals surface area contributed by atoms with Crippen molar-refractivity contribution in [1.29, 1.82) is 0 Å². The molecule has 10 rings (SSSR count). The molecule has 2 unspecified atom stereocenters. The van der Waals surface area contributed by atoms with Gasteiger partial charge in [0, 0.05) is 102 Å². The van der Waals surface area contributed by atoms with Gasteiger partial charge in [0.25, 0.3) is 0 Å². The fraction of sp³-hybridized carbons (Fsp3) is 0.318. The lowest BCUT2D eigenvalue weighted by Gasteiger charge is -2.27. The van der Waals surface area contributed by atoms with E-state index in [1.807, 2.05) is 18.2 Å². The van der Waals surface area contributed by atoms with Gasteiger partial charge < -0.3 is 31.6 Å². The summed E-state index contributed by atoms with van der Waals surface area (Å²) in [7, 11) is 0. The molecule has 8 aromatic rings. The highest BCUT2D eigenvalue weighted by Gasteiger charge is 2.24. The van der Waals surface area contributed by atoms with E-state index in [0.29, 0.717) is 35.0 Å². The number of aromatic nitrogens is 8. The Bertz CT molecular complexity index is 2880.